The van der Waals surface area contributed by atoms with Crippen molar-refractivity contribution in [2.24, 2.45) is 0 Å². The molecule has 4 rings (SSSR count). The normalized spacial score (nSPS) is 12.6. The number of rotatable bonds is 6. The molecule has 0 atom stereocenters. The van der Waals surface area contributed by atoms with Gasteiger partial charge in [-0.3, -0.25) is 4.79 Å². The van der Waals surface area contributed by atoms with Gasteiger partial charge < -0.3 is 4.74 Å². The van der Waals surface area contributed by atoms with Crippen LogP contribution in [-0.2, 0) is 28.9 Å². The molecule has 1 aliphatic rings. The van der Waals surface area contributed by atoms with E-state index in [4.69, 9.17) is 16.3 Å². The fraction of sp³-hybridized carbons (Fsp3) is 0.250. The van der Waals surface area contributed by atoms with Crippen LogP contribution in [-0.4, -0.2) is 38.6 Å². The molecule has 2 aromatic carbocycles. The molecule has 0 amide bonds. The number of aromatic nitrogens is 4. The first-order valence-electron chi connectivity index (χ1n) is 8.93. The maximum absolute atomic E-state index is 12.3. The molecule has 0 unspecified atom stereocenters. The van der Waals surface area contributed by atoms with Crippen molar-refractivity contribution in [2.75, 3.05) is 6.61 Å². The van der Waals surface area contributed by atoms with E-state index in [0.717, 1.165) is 29.6 Å². The van der Waals surface area contributed by atoms with Gasteiger partial charge >= 0.3 is 5.97 Å². The molecule has 1 aromatic heterocycles. The van der Waals surface area contributed by atoms with Crippen molar-refractivity contribution in [2.45, 2.75) is 25.8 Å². The number of ketones is 1. The fourth-order valence-electron chi connectivity index (χ4n) is 3.16. The summed E-state index contributed by atoms with van der Waals surface area (Å²) >= 11 is 5.85. The minimum atomic E-state index is -0.602. The molecule has 0 fully saturated rings. The third-order valence-corrected chi connectivity index (χ3v) is 4.86. The molecule has 0 N–H and O–H groups in total. The molecule has 8 heteroatoms. The first-order valence-corrected chi connectivity index (χ1v) is 9.31. The Labute approximate surface area is 166 Å². The lowest BCUT2D eigenvalue weighted by atomic mass is 10.0. The van der Waals surface area contributed by atoms with E-state index in [1.165, 1.54) is 11.1 Å². The summed E-state index contributed by atoms with van der Waals surface area (Å²) in [6.45, 7) is -0.533. The summed E-state index contributed by atoms with van der Waals surface area (Å²) in [5, 5.41) is 12.5. The maximum atomic E-state index is 12.3. The number of fused-ring (bicyclic) bond motifs is 1. The van der Waals surface area contributed by atoms with E-state index in [1.807, 2.05) is 12.1 Å². The van der Waals surface area contributed by atoms with Gasteiger partial charge in [0.05, 0.1) is 0 Å². The second-order valence-electron chi connectivity index (χ2n) is 6.57. The van der Waals surface area contributed by atoms with Crippen LogP contribution < -0.4 is 0 Å². The quantitative estimate of drug-likeness (QED) is 0.470. The Hall–Kier alpha value is -3.06. The number of ether oxygens (including phenoxy) is 1. The Balaban J connectivity index is 1.32. The number of tetrazole rings is 1. The predicted octanol–water partition coefficient (Wildman–Crippen LogP) is 2.91. The largest absolute Gasteiger partial charge is 0.456 e. The van der Waals surface area contributed by atoms with Crippen LogP contribution in [0.3, 0.4) is 0 Å². The van der Waals surface area contributed by atoms with Gasteiger partial charge in [-0.15, -0.1) is 10.2 Å². The summed E-state index contributed by atoms with van der Waals surface area (Å²) in [6.07, 6.45) is 3.16. The van der Waals surface area contributed by atoms with E-state index >= 15 is 0 Å². The highest BCUT2D eigenvalue weighted by atomic mass is 35.5. The number of esters is 1. The van der Waals surface area contributed by atoms with Crippen LogP contribution >= 0.6 is 11.6 Å². The zero-order valence-corrected chi connectivity index (χ0v) is 15.7. The molecule has 0 bridgehead atoms. The van der Waals surface area contributed by atoms with E-state index in [1.54, 1.807) is 30.3 Å². The summed E-state index contributed by atoms with van der Waals surface area (Å²) in [7, 11) is 0. The van der Waals surface area contributed by atoms with Gasteiger partial charge in [0.2, 0.25) is 5.82 Å². The Morgan fingerprint density at radius 1 is 1.07 bits per heavy atom. The minimum Gasteiger partial charge on any atom is -0.456 e. The van der Waals surface area contributed by atoms with Crippen molar-refractivity contribution in [1.82, 2.24) is 20.2 Å². The third-order valence-electron chi connectivity index (χ3n) is 4.61. The topological polar surface area (TPSA) is 87.0 Å². The van der Waals surface area contributed by atoms with Gasteiger partial charge in [0.25, 0.3) is 0 Å². The number of hydrogen-bond acceptors (Lipinski definition) is 6. The first kappa shape index (κ1) is 18.3. The molecular weight excluding hydrogens is 380 g/mol. The molecule has 0 radical (unpaired) electrons. The van der Waals surface area contributed by atoms with Crippen LogP contribution in [0.5, 0.6) is 0 Å². The number of halogens is 1. The molecule has 142 valence electrons. The van der Waals surface area contributed by atoms with Crippen molar-refractivity contribution in [3.8, 4) is 11.4 Å². The van der Waals surface area contributed by atoms with Gasteiger partial charge in [0.15, 0.2) is 18.9 Å². The predicted molar refractivity (Wildman–Crippen MR) is 102 cm³/mol. The third kappa shape index (κ3) is 4.09. The van der Waals surface area contributed by atoms with Gasteiger partial charge in [-0.1, -0.05) is 23.7 Å². The van der Waals surface area contributed by atoms with E-state index in [-0.39, 0.29) is 18.9 Å². The van der Waals surface area contributed by atoms with E-state index < -0.39 is 5.97 Å². The number of hydrogen-bond donors (Lipinski definition) is 0. The molecule has 3 aromatic rings. The van der Waals surface area contributed by atoms with E-state index in [0.29, 0.717) is 16.4 Å². The summed E-state index contributed by atoms with van der Waals surface area (Å²) in [5.74, 6) is -0.454. The standard InChI is InChI=1S/C20H17ClN4O3/c21-17-8-6-14(7-9-17)20-22-24-25(23-20)11-19(27)28-12-18(26)16-5-4-13-2-1-3-15(13)10-16/h4-10H,1-3,11-12H2. The number of nitrogens with zero attached hydrogens (tertiary/aromatic N) is 4. The van der Waals surface area contributed by atoms with Crippen LogP contribution in [0.15, 0.2) is 42.5 Å². The number of carbonyl (C=O) groups is 2. The zero-order chi connectivity index (χ0) is 19.5. The number of aryl methyl sites for hydroxylation is 2. The van der Waals surface area contributed by atoms with Crippen molar-refractivity contribution < 1.29 is 14.3 Å². The van der Waals surface area contributed by atoms with Gasteiger partial charge in [0.1, 0.15) is 0 Å². The molecule has 1 aliphatic carbocycles. The summed E-state index contributed by atoms with van der Waals surface area (Å²) in [6, 6.07) is 12.6. The Morgan fingerprint density at radius 2 is 1.86 bits per heavy atom. The molecule has 0 saturated carbocycles. The molecule has 0 saturated heterocycles. The lowest BCUT2D eigenvalue weighted by Crippen LogP contribution is -2.20. The minimum absolute atomic E-state index is 0.224. The van der Waals surface area contributed by atoms with Gasteiger partial charge in [-0.2, -0.15) is 4.80 Å². The maximum Gasteiger partial charge on any atom is 0.330 e. The van der Waals surface area contributed by atoms with Crippen LogP contribution in [0.25, 0.3) is 11.4 Å². The fourth-order valence-corrected chi connectivity index (χ4v) is 3.29. The monoisotopic (exact) mass is 396 g/mol. The molecule has 1 heterocycles. The van der Waals surface area contributed by atoms with Crippen molar-refractivity contribution in [3.63, 3.8) is 0 Å². The van der Waals surface area contributed by atoms with E-state index in [2.05, 4.69) is 15.4 Å². The van der Waals surface area contributed by atoms with Gasteiger partial charge in [-0.25, -0.2) is 4.79 Å². The van der Waals surface area contributed by atoms with Crippen LogP contribution in [0.4, 0.5) is 0 Å². The summed E-state index contributed by atoms with van der Waals surface area (Å²) < 4.78 is 5.08. The van der Waals surface area contributed by atoms with Gasteiger partial charge in [-0.05, 0) is 65.9 Å². The van der Waals surface area contributed by atoms with Crippen LogP contribution in [0.2, 0.25) is 5.02 Å². The van der Waals surface area contributed by atoms with Crippen molar-refractivity contribution >= 4 is 23.4 Å². The van der Waals surface area contributed by atoms with Crippen molar-refractivity contribution in [3.05, 3.63) is 64.2 Å². The lowest BCUT2D eigenvalue weighted by Gasteiger charge is -2.06. The Bertz CT molecular complexity index is 1030. The summed E-state index contributed by atoms with van der Waals surface area (Å²) in [4.78, 5) is 25.4. The second-order valence-corrected chi connectivity index (χ2v) is 7.01. The zero-order valence-electron chi connectivity index (χ0n) is 15.0. The highest BCUT2D eigenvalue weighted by molar-refractivity contribution is 6.30. The second kappa shape index (κ2) is 7.90. The smallest absolute Gasteiger partial charge is 0.330 e. The van der Waals surface area contributed by atoms with Crippen LogP contribution in [0, 0.1) is 0 Å². The average molecular weight is 397 g/mol. The van der Waals surface area contributed by atoms with Gasteiger partial charge in [0, 0.05) is 16.1 Å². The molecule has 28 heavy (non-hydrogen) atoms. The average Bonchev–Trinajstić information content (AvgIpc) is 3.35. The molecule has 0 aliphatic heterocycles. The number of Topliss-reactive ketones (excluding diaryl/α,β-unsaturated/α-hetero) is 1. The highest BCUT2D eigenvalue weighted by Crippen LogP contribution is 2.23. The summed E-state index contributed by atoms with van der Waals surface area (Å²) in [5.41, 5.74) is 3.80. The first-order chi connectivity index (χ1) is 13.6. The molecule has 0 spiro atoms. The molecule has 7 nitrogen and oxygen atoms in total. The van der Waals surface area contributed by atoms with Crippen LogP contribution in [0.1, 0.15) is 27.9 Å². The number of carbonyl (C=O) groups excluding carboxylic acids is 2. The Morgan fingerprint density at radius 3 is 2.68 bits per heavy atom. The Kier molecular flexibility index (Phi) is 5.16. The SMILES string of the molecule is O=C(Cn1nnc(-c2ccc(Cl)cc2)n1)OCC(=O)c1ccc2c(c1)CCC2. The molecular formula is C20H17ClN4O3. The van der Waals surface area contributed by atoms with E-state index in [9.17, 15) is 9.59 Å². The highest BCUT2D eigenvalue weighted by Gasteiger charge is 2.16. The van der Waals surface area contributed by atoms with Crippen molar-refractivity contribution in [1.29, 1.82) is 0 Å². The number of benzene rings is 2. The lowest BCUT2D eigenvalue weighted by molar-refractivity contribution is -0.143.